The summed E-state index contributed by atoms with van der Waals surface area (Å²) in [4.78, 5) is 8.56. The van der Waals surface area contributed by atoms with Gasteiger partial charge in [-0.2, -0.15) is 0 Å². The number of thiophene rings is 1. The Morgan fingerprint density at radius 2 is 2.09 bits per heavy atom. The van der Waals surface area contributed by atoms with Crippen molar-refractivity contribution in [2.45, 2.75) is 45.7 Å². The molecule has 1 aliphatic rings. The van der Waals surface area contributed by atoms with E-state index in [-0.39, 0.29) is 24.0 Å². The summed E-state index contributed by atoms with van der Waals surface area (Å²) >= 11 is 5.25. The molecule has 2 N–H and O–H groups in total. The van der Waals surface area contributed by atoms with Gasteiger partial charge in [-0.25, -0.2) is 4.99 Å². The monoisotopic (exact) mass is 514 g/mol. The number of hydrogen-bond acceptors (Lipinski definition) is 3. The molecule has 0 aliphatic carbocycles. The van der Waals surface area contributed by atoms with Gasteiger partial charge < -0.3 is 15.5 Å². The highest BCUT2D eigenvalue weighted by atomic mass is 127. The van der Waals surface area contributed by atoms with Gasteiger partial charge in [0.1, 0.15) is 0 Å². The molecule has 0 aromatic carbocycles. The zero-order valence-electron chi connectivity index (χ0n) is 14.0. The molecule has 1 aliphatic heterocycles. The SMILES string of the molecule is CCCN1CCC(NC(=NCc2ccc(Br)s2)NCC)CC1.I. The molecule has 0 radical (unpaired) electrons. The zero-order valence-corrected chi connectivity index (χ0v) is 18.7. The number of nitrogens with one attached hydrogen (secondary N) is 2. The average molecular weight is 515 g/mol. The molecule has 0 unspecified atom stereocenters. The fourth-order valence-electron chi connectivity index (χ4n) is 2.72. The molecule has 0 bridgehead atoms. The summed E-state index contributed by atoms with van der Waals surface area (Å²) in [5.41, 5.74) is 0. The van der Waals surface area contributed by atoms with Gasteiger partial charge in [0.2, 0.25) is 0 Å². The summed E-state index contributed by atoms with van der Waals surface area (Å²) in [6.45, 7) is 9.63. The Labute approximate surface area is 169 Å². The van der Waals surface area contributed by atoms with E-state index in [4.69, 9.17) is 4.99 Å². The molecule has 4 nitrogen and oxygen atoms in total. The van der Waals surface area contributed by atoms with Crippen molar-refractivity contribution in [1.82, 2.24) is 15.5 Å². The second-order valence-corrected chi connectivity index (χ2v) is 8.21. The minimum absolute atomic E-state index is 0. The summed E-state index contributed by atoms with van der Waals surface area (Å²) in [7, 11) is 0. The van der Waals surface area contributed by atoms with Crippen LogP contribution in [0.5, 0.6) is 0 Å². The van der Waals surface area contributed by atoms with Crippen LogP contribution in [0.15, 0.2) is 20.9 Å². The van der Waals surface area contributed by atoms with Crippen molar-refractivity contribution in [3.8, 4) is 0 Å². The van der Waals surface area contributed by atoms with Gasteiger partial charge in [-0.05, 0) is 60.8 Å². The number of nitrogens with zero attached hydrogens (tertiary/aromatic N) is 2. The summed E-state index contributed by atoms with van der Waals surface area (Å²) in [6, 6.07) is 4.76. The fraction of sp³-hybridized carbons (Fsp3) is 0.688. The summed E-state index contributed by atoms with van der Waals surface area (Å²) < 4.78 is 1.17. The van der Waals surface area contributed by atoms with Crippen LogP contribution in [0.2, 0.25) is 0 Å². The van der Waals surface area contributed by atoms with E-state index < -0.39 is 0 Å². The van der Waals surface area contributed by atoms with E-state index >= 15 is 0 Å². The van der Waals surface area contributed by atoms with Gasteiger partial charge in [0.05, 0.1) is 10.3 Å². The fourth-order valence-corrected chi connectivity index (χ4v) is 4.13. The summed E-state index contributed by atoms with van der Waals surface area (Å²) in [5, 5.41) is 6.96. The molecule has 0 atom stereocenters. The van der Waals surface area contributed by atoms with Crippen LogP contribution in [0.25, 0.3) is 0 Å². The molecule has 2 rings (SSSR count). The van der Waals surface area contributed by atoms with Crippen LogP contribution in [-0.4, -0.2) is 43.1 Å². The van der Waals surface area contributed by atoms with Crippen LogP contribution >= 0.6 is 51.2 Å². The summed E-state index contributed by atoms with van der Waals surface area (Å²) in [6.07, 6.45) is 3.66. The first-order valence-corrected chi connectivity index (χ1v) is 9.83. The van der Waals surface area contributed by atoms with Gasteiger partial charge in [-0.1, -0.05) is 6.92 Å². The van der Waals surface area contributed by atoms with E-state index in [1.54, 1.807) is 11.3 Å². The third-order valence-electron chi connectivity index (χ3n) is 3.83. The van der Waals surface area contributed by atoms with Crippen molar-refractivity contribution < 1.29 is 0 Å². The molecular weight excluding hydrogens is 487 g/mol. The van der Waals surface area contributed by atoms with Crippen LogP contribution in [0, 0.1) is 0 Å². The molecule has 0 spiro atoms. The van der Waals surface area contributed by atoms with Crippen molar-refractivity contribution in [3.63, 3.8) is 0 Å². The van der Waals surface area contributed by atoms with E-state index in [1.807, 2.05) is 0 Å². The molecular formula is C16H28BrIN4S. The molecule has 7 heteroatoms. The molecule has 0 saturated carbocycles. The average Bonchev–Trinajstić information content (AvgIpc) is 2.93. The van der Waals surface area contributed by atoms with E-state index in [1.165, 1.54) is 47.6 Å². The van der Waals surface area contributed by atoms with Crippen LogP contribution in [0.1, 0.15) is 38.0 Å². The lowest BCUT2D eigenvalue weighted by Gasteiger charge is -2.32. The zero-order chi connectivity index (χ0) is 15.8. The molecule has 132 valence electrons. The molecule has 23 heavy (non-hydrogen) atoms. The maximum absolute atomic E-state index is 4.72. The van der Waals surface area contributed by atoms with Gasteiger partial charge in [-0.3, -0.25) is 0 Å². The highest BCUT2D eigenvalue weighted by Crippen LogP contribution is 2.22. The van der Waals surface area contributed by atoms with Gasteiger partial charge in [0.25, 0.3) is 0 Å². The molecule has 1 fully saturated rings. The largest absolute Gasteiger partial charge is 0.357 e. The predicted octanol–water partition coefficient (Wildman–Crippen LogP) is 4.06. The number of guanidine groups is 1. The Hall–Kier alpha value is 0.140. The Morgan fingerprint density at radius 3 is 2.65 bits per heavy atom. The standard InChI is InChI=1S/C16H27BrN4S.HI/c1-3-9-21-10-7-13(8-11-21)20-16(18-4-2)19-12-14-5-6-15(17)22-14;/h5-6,13H,3-4,7-12H2,1-2H3,(H2,18,19,20);1H. The lowest BCUT2D eigenvalue weighted by atomic mass is 10.1. The number of halogens is 2. The van der Waals surface area contributed by atoms with Crippen LogP contribution in [0.3, 0.4) is 0 Å². The maximum Gasteiger partial charge on any atom is 0.191 e. The third kappa shape index (κ3) is 7.70. The molecule has 1 aromatic rings. The van der Waals surface area contributed by atoms with Gasteiger partial charge >= 0.3 is 0 Å². The quantitative estimate of drug-likeness (QED) is 0.341. The molecule has 1 saturated heterocycles. The second-order valence-electron chi connectivity index (χ2n) is 5.66. The van der Waals surface area contributed by atoms with E-state index in [9.17, 15) is 0 Å². The van der Waals surface area contributed by atoms with Gasteiger partial charge in [-0.15, -0.1) is 35.3 Å². The number of aliphatic imine (C=N–C) groups is 1. The number of piperidine rings is 1. The van der Waals surface area contributed by atoms with Crippen molar-refractivity contribution in [3.05, 3.63) is 20.8 Å². The predicted molar refractivity (Wildman–Crippen MR) is 115 cm³/mol. The van der Waals surface area contributed by atoms with Crippen LogP contribution < -0.4 is 10.6 Å². The number of hydrogen-bond donors (Lipinski definition) is 2. The van der Waals surface area contributed by atoms with Gasteiger partial charge in [0, 0.05) is 30.6 Å². The lowest BCUT2D eigenvalue weighted by Crippen LogP contribution is -2.48. The normalized spacial score (nSPS) is 16.9. The minimum atomic E-state index is 0. The highest BCUT2D eigenvalue weighted by Gasteiger charge is 2.19. The van der Waals surface area contributed by atoms with E-state index in [0.717, 1.165) is 19.0 Å². The van der Waals surface area contributed by atoms with Crippen molar-refractivity contribution in [1.29, 1.82) is 0 Å². The number of rotatable bonds is 6. The Bertz CT molecular complexity index is 472. The number of likely N-dealkylation sites (tertiary alicyclic amines) is 1. The Kier molecular flexibility index (Phi) is 10.7. The van der Waals surface area contributed by atoms with E-state index in [2.05, 4.69) is 57.4 Å². The first kappa shape index (κ1) is 21.2. The van der Waals surface area contributed by atoms with E-state index in [0.29, 0.717) is 6.04 Å². The third-order valence-corrected chi connectivity index (χ3v) is 5.44. The first-order valence-electron chi connectivity index (χ1n) is 8.22. The topological polar surface area (TPSA) is 39.7 Å². The van der Waals surface area contributed by atoms with Crippen LogP contribution in [0.4, 0.5) is 0 Å². The lowest BCUT2D eigenvalue weighted by molar-refractivity contribution is 0.206. The van der Waals surface area contributed by atoms with Crippen molar-refractivity contribution in [2.24, 2.45) is 4.99 Å². The minimum Gasteiger partial charge on any atom is -0.357 e. The van der Waals surface area contributed by atoms with Gasteiger partial charge in [0.15, 0.2) is 5.96 Å². The smallest absolute Gasteiger partial charge is 0.191 e. The molecule has 0 amide bonds. The highest BCUT2D eigenvalue weighted by molar-refractivity contribution is 14.0. The summed E-state index contributed by atoms with van der Waals surface area (Å²) in [5.74, 6) is 0.945. The maximum atomic E-state index is 4.72. The van der Waals surface area contributed by atoms with Crippen molar-refractivity contribution >= 4 is 57.2 Å². The Balaban J connectivity index is 0.00000264. The van der Waals surface area contributed by atoms with Crippen molar-refractivity contribution in [2.75, 3.05) is 26.2 Å². The Morgan fingerprint density at radius 1 is 1.35 bits per heavy atom. The molecule has 1 aromatic heterocycles. The first-order chi connectivity index (χ1) is 10.7. The van der Waals surface area contributed by atoms with Crippen LogP contribution in [-0.2, 0) is 6.54 Å². The molecule has 2 heterocycles. The second kappa shape index (κ2) is 11.7.